The van der Waals surface area contributed by atoms with Gasteiger partial charge < -0.3 is 10.1 Å². The molecule has 7 heteroatoms. The highest BCUT2D eigenvalue weighted by Gasteiger charge is 2.36. The molecule has 0 bridgehead atoms. The largest absolute Gasteiger partial charge is 0.476 e. The average Bonchev–Trinajstić information content (AvgIpc) is 2.78. The molecule has 0 radical (unpaired) electrons. The number of ether oxygens (including phenoxy) is 1. The van der Waals surface area contributed by atoms with Crippen LogP contribution in [0, 0.1) is 5.92 Å². The number of unbranched alkanes of at least 4 members (excludes halogenated alkanes) is 1. The summed E-state index contributed by atoms with van der Waals surface area (Å²) in [5, 5.41) is 2.98. The second kappa shape index (κ2) is 10.7. The maximum Gasteiger partial charge on any atom is 0.263 e. The third-order valence-corrected chi connectivity index (χ3v) is 7.38. The normalized spacial score (nSPS) is 16.8. The van der Waals surface area contributed by atoms with E-state index in [1.54, 1.807) is 36.4 Å². The molecule has 31 heavy (non-hydrogen) atoms. The van der Waals surface area contributed by atoms with Gasteiger partial charge >= 0.3 is 0 Å². The molecular weight excluding hydrogens is 412 g/mol. The molecule has 2 aromatic rings. The number of rotatable bonds is 10. The molecule has 1 amide bonds. The molecule has 0 saturated carbocycles. The Morgan fingerprint density at radius 3 is 2.55 bits per heavy atom. The predicted molar refractivity (Wildman–Crippen MR) is 124 cm³/mol. The third kappa shape index (κ3) is 6.00. The van der Waals surface area contributed by atoms with Gasteiger partial charge in [-0.2, -0.15) is 0 Å². The van der Waals surface area contributed by atoms with Crippen molar-refractivity contribution in [3.8, 4) is 5.75 Å². The quantitative estimate of drug-likeness (QED) is 0.598. The zero-order valence-corrected chi connectivity index (χ0v) is 19.1. The highest BCUT2D eigenvalue weighted by atomic mass is 32.2. The van der Waals surface area contributed by atoms with Crippen molar-refractivity contribution in [3.05, 3.63) is 60.2 Å². The maximum atomic E-state index is 13.3. The molecule has 0 saturated heterocycles. The SMILES string of the molecule is CCCC[C@@H](CC)CNC(=O)[C@@H]1CN(S(=O)(=O)Cc2ccccc2)c2ccccc2O1. The van der Waals surface area contributed by atoms with Gasteiger partial charge in [0.2, 0.25) is 10.0 Å². The fraction of sp³-hybridized carbons (Fsp3) is 0.458. The van der Waals surface area contributed by atoms with E-state index in [9.17, 15) is 13.2 Å². The van der Waals surface area contributed by atoms with Gasteiger partial charge in [0.05, 0.1) is 18.0 Å². The Kier molecular flexibility index (Phi) is 7.96. The lowest BCUT2D eigenvalue weighted by molar-refractivity contribution is -0.127. The van der Waals surface area contributed by atoms with Crippen molar-refractivity contribution in [2.45, 2.75) is 51.4 Å². The first-order chi connectivity index (χ1) is 14.9. The van der Waals surface area contributed by atoms with Crippen molar-refractivity contribution in [2.75, 3.05) is 17.4 Å². The fourth-order valence-electron chi connectivity index (χ4n) is 3.77. The minimum absolute atomic E-state index is 0.0379. The van der Waals surface area contributed by atoms with Crippen molar-refractivity contribution in [1.82, 2.24) is 5.32 Å². The second-order valence-corrected chi connectivity index (χ2v) is 9.90. The number of hydrogen-bond acceptors (Lipinski definition) is 4. The standard InChI is InChI=1S/C24H32N2O4S/c1-3-5-11-19(4-2)16-25-24(27)23-17-26(21-14-9-10-15-22(21)30-23)31(28,29)18-20-12-7-6-8-13-20/h6-10,12-15,19,23H,3-5,11,16-18H2,1-2H3,(H,25,27)/t19-,23+/m1/s1. The number of sulfonamides is 1. The fourth-order valence-corrected chi connectivity index (χ4v) is 5.35. The first-order valence-electron chi connectivity index (χ1n) is 11.0. The predicted octanol–water partition coefficient (Wildman–Crippen LogP) is 4.12. The summed E-state index contributed by atoms with van der Waals surface area (Å²) in [5.41, 5.74) is 1.17. The van der Waals surface area contributed by atoms with Crippen LogP contribution in [0.15, 0.2) is 54.6 Å². The van der Waals surface area contributed by atoms with Crippen molar-refractivity contribution < 1.29 is 17.9 Å². The first kappa shape index (κ1) is 23.1. The summed E-state index contributed by atoms with van der Waals surface area (Å²) >= 11 is 0. The van der Waals surface area contributed by atoms with E-state index in [4.69, 9.17) is 4.74 Å². The van der Waals surface area contributed by atoms with E-state index in [1.165, 1.54) is 4.31 Å². The first-order valence-corrected chi connectivity index (χ1v) is 12.6. The summed E-state index contributed by atoms with van der Waals surface area (Å²) in [6.07, 6.45) is 3.43. The number of benzene rings is 2. The van der Waals surface area contributed by atoms with Crippen LogP contribution in [-0.4, -0.2) is 33.5 Å². The van der Waals surface area contributed by atoms with Gasteiger partial charge in [-0.05, 0) is 30.0 Å². The third-order valence-electron chi connectivity index (χ3n) is 5.66. The second-order valence-electron chi connectivity index (χ2n) is 8.01. The van der Waals surface area contributed by atoms with E-state index < -0.39 is 16.1 Å². The van der Waals surface area contributed by atoms with Crippen LogP contribution in [0.4, 0.5) is 5.69 Å². The van der Waals surface area contributed by atoms with E-state index in [0.29, 0.717) is 29.5 Å². The van der Waals surface area contributed by atoms with E-state index in [1.807, 2.05) is 18.2 Å². The lowest BCUT2D eigenvalue weighted by Crippen LogP contribution is -2.51. The molecule has 2 aromatic carbocycles. The van der Waals surface area contributed by atoms with Crippen LogP contribution in [0.5, 0.6) is 5.75 Å². The number of nitrogens with one attached hydrogen (secondary N) is 1. The van der Waals surface area contributed by atoms with Crippen molar-refractivity contribution in [2.24, 2.45) is 5.92 Å². The Bertz CT molecular complexity index is 963. The molecule has 0 aliphatic carbocycles. The molecule has 1 aliphatic rings. The number of fused-ring (bicyclic) bond motifs is 1. The minimum atomic E-state index is -3.69. The van der Waals surface area contributed by atoms with Crippen molar-refractivity contribution in [3.63, 3.8) is 0 Å². The topological polar surface area (TPSA) is 75.7 Å². The van der Waals surface area contributed by atoms with Crippen LogP contribution in [0.2, 0.25) is 0 Å². The Morgan fingerprint density at radius 1 is 1.13 bits per heavy atom. The molecule has 1 aliphatic heterocycles. The van der Waals surface area contributed by atoms with Gasteiger partial charge in [-0.3, -0.25) is 9.10 Å². The van der Waals surface area contributed by atoms with Gasteiger partial charge in [0.25, 0.3) is 5.91 Å². The van der Waals surface area contributed by atoms with Gasteiger partial charge in [0, 0.05) is 6.54 Å². The number of anilines is 1. The van der Waals surface area contributed by atoms with Gasteiger partial charge in [-0.25, -0.2) is 8.42 Å². The summed E-state index contributed by atoms with van der Waals surface area (Å²) in [4.78, 5) is 12.9. The van der Waals surface area contributed by atoms with Crippen molar-refractivity contribution in [1.29, 1.82) is 0 Å². The molecule has 2 atom stereocenters. The number of carbonyl (C=O) groups is 1. The molecule has 1 N–H and O–H groups in total. The van der Waals surface area contributed by atoms with E-state index in [-0.39, 0.29) is 18.2 Å². The molecule has 0 aromatic heterocycles. The summed E-state index contributed by atoms with van der Waals surface area (Å²) < 4.78 is 33.7. The lowest BCUT2D eigenvalue weighted by atomic mass is 9.99. The van der Waals surface area contributed by atoms with Crippen LogP contribution in [0.1, 0.15) is 45.1 Å². The van der Waals surface area contributed by atoms with Gasteiger partial charge in [-0.1, -0.05) is 75.6 Å². The monoisotopic (exact) mass is 444 g/mol. The summed E-state index contributed by atoms with van der Waals surface area (Å²) in [6, 6.07) is 16.0. The number of carbonyl (C=O) groups excluding carboxylic acids is 1. The van der Waals surface area contributed by atoms with Crippen LogP contribution >= 0.6 is 0 Å². The smallest absolute Gasteiger partial charge is 0.263 e. The van der Waals surface area contributed by atoms with Crippen LogP contribution in [-0.2, 0) is 20.6 Å². The molecule has 0 unspecified atom stereocenters. The maximum absolute atomic E-state index is 13.3. The molecule has 168 valence electrons. The summed E-state index contributed by atoms with van der Waals surface area (Å²) in [6.45, 7) is 4.82. The molecule has 0 spiro atoms. The zero-order valence-electron chi connectivity index (χ0n) is 18.3. The highest BCUT2D eigenvalue weighted by Crippen LogP contribution is 2.35. The number of para-hydroxylation sites is 2. The summed E-state index contributed by atoms with van der Waals surface area (Å²) in [5.74, 6) is 0.413. The van der Waals surface area contributed by atoms with Crippen molar-refractivity contribution >= 4 is 21.6 Å². The van der Waals surface area contributed by atoms with Crippen LogP contribution in [0.3, 0.4) is 0 Å². The zero-order chi connectivity index (χ0) is 22.3. The molecule has 0 fully saturated rings. The van der Waals surface area contributed by atoms with Crippen LogP contribution < -0.4 is 14.4 Å². The lowest BCUT2D eigenvalue weighted by Gasteiger charge is -2.35. The number of hydrogen-bond donors (Lipinski definition) is 1. The van der Waals surface area contributed by atoms with E-state index >= 15 is 0 Å². The van der Waals surface area contributed by atoms with E-state index in [2.05, 4.69) is 19.2 Å². The Hall–Kier alpha value is -2.54. The number of amides is 1. The molecular formula is C24H32N2O4S. The Labute approximate surface area is 185 Å². The summed E-state index contributed by atoms with van der Waals surface area (Å²) in [7, 11) is -3.69. The van der Waals surface area contributed by atoms with Crippen LogP contribution in [0.25, 0.3) is 0 Å². The van der Waals surface area contributed by atoms with Gasteiger partial charge in [0.15, 0.2) is 6.10 Å². The Morgan fingerprint density at radius 2 is 1.84 bits per heavy atom. The minimum Gasteiger partial charge on any atom is -0.476 e. The average molecular weight is 445 g/mol. The Balaban J connectivity index is 1.76. The van der Waals surface area contributed by atoms with Gasteiger partial charge in [-0.15, -0.1) is 0 Å². The van der Waals surface area contributed by atoms with Gasteiger partial charge in [0.1, 0.15) is 5.75 Å². The molecule has 1 heterocycles. The molecule has 6 nitrogen and oxygen atoms in total. The number of nitrogens with zero attached hydrogens (tertiary/aromatic N) is 1. The molecule has 3 rings (SSSR count). The van der Waals surface area contributed by atoms with E-state index in [0.717, 1.165) is 25.7 Å². The highest BCUT2D eigenvalue weighted by molar-refractivity contribution is 7.92.